The van der Waals surface area contributed by atoms with Crippen molar-refractivity contribution in [3.05, 3.63) is 34.6 Å². The molecular weight excluding hydrogens is 365 g/mol. The first-order chi connectivity index (χ1) is 12.2. The maximum Gasteiger partial charge on any atom is 0.471 e. The summed E-state index contributed by atoms with van der Waals surface area (Å²) in [5.74, 6) is -5.03. The molecule has 0 aliphatic heterocycles. The first-order valence-electron chi connectivity index (χ1n) is 6.75. The molecule has 26 heavy (non-hydrogen) atoms. The van der Waals surface area contributed by atoms with E-state index >= 15 is 0 Å². The molecule has 1 N–H and O–H groups in total. The van der Waals surface area contributed by atoms with Gasteiger partial charge in [0.25, 0.3) is 0 Å². The molecule has 0 fully saturated rings. The average molecular weight is 371 g/mol. The zero-order valence-electron chi connectivity index (χ0n) is 12.7. The molecule has 9 nitrogen and oxygen atoms in total. The van der Waals surface area contributed by atoms with Gasteiger partial charge >= 0.3 is 17.8 Å². The Hall–Kier alpha value is -3.45. The van der Waals surface area contributed by atoms with Crippen LogP contribution in [0, 0.1) is 5.82 Å². The lowest BCUT2D eigenvalue weighted by molar-refractivity contribution is -0.167. The maximum atomic E-state index is 13.4. The van der Waals surface area contributed by atoms with Crippen LogP contribution in [0.2, 0.25) is 0 Å². The summed E-state index contributed by atoms with van der Waals surface area (Å²) in [6, 6.07) is 3.56. The molecule has 0 saturated heterocycles. The molecule has 2 aromatic heterocycles. The van der Waals surface area contributed by atoms with Gasteiger partial charge in [0.2, 0.25) is 11.6 Å². The van der Waals surface area contributed by atoms with Crippen molar-refractivity contribution < 1.29 is 31.5 Å². The fourth-order valence-electron chi connectivity index (χ4n) is 1.99. The third-order valence-electron chi connectivity index (χ3n) is 3.19. The van der Waals surface area contributed by atoms with Crippen LogP contribution < -0.4 is 16.5 Å². The number of carbonyl (C=O) groups excluding carboxylic acids is 1. The van der Waals surface area contributed by atoms with Crippen LogP contribution in [0.5, 0.6) is 0 Å². The fraction of sp³-hybridized carbons (Fsp3) is 0.0833. The summed E-state index contributed by atoms with van der Waals surface area (Å²) in [5, 5.41) is 11.3. The number of benzene rings is 1. The maximum absolute atomic E-state index is 13.4. The molecule has 0 atom stereocenters. The Bertz CT molecular complexity index is 1040. The highest BCUT2D eigenvalue weighted by molar-refractivity contribution is 6.32. The zero-order valence-corrected chi connectivity index (χ0v) is 12.7. The molecule has 134 valence electrons. The molecule has 3 rings (SSSR count). The van der Waals surface area contributed by atoms with E-state index in [9.17, 15) is 27.2 Å². The number of carbonyl (C=O) groups is 1. The summed E-state index contributed by atoms with van der Waals surface area (Å²) >= 11 is 0. The van der Waals surface area contributed by atoms with Crippen LogP contribution >= 0.6 is 0 Å². The molecule has 0 bridgehead atoms. The number of hydrogen-bond acceptors (Lipinski definition) is 7. The third kappa shape index (κ3) is 3.08. The van der Waals surface area contributed by atoms with Gasteiger partial charge in [-0.05, 0) is 28.5 Å². The number of alkyl halides is 3. The van der Waals surface area contributed by atoms with Crippen molar-refractivity contribution in [1.29, 1.82) is 0 Å². The van der Waals surface area contributed by atoms with Gasteiger partial charge in [0, 0.05) is 0 Å². The lowest BCUT2D eigenvalue weighted by Crippen LogP contribution is -2.30. The van der Waals surface area contributed by atoms with Crippen LogP contribution in [-0.4, -0.2) is 40.0 Å². The van der Waals surface area contributed by atoms with Crippen molar-refractivity contribution in [2.45, 2.75) is 6.18 Å². The highest BCUT2D eigenvalue weighted by Crippen LogP contribution is 2.26. The topological polar surface area (TPSA) is 116 Å². The highest BCUT2D eigenvalue weighted by Gasteiger charge is 2.40. The summed E-state index contributed by atoms with van der Waals surface area (Å²) in [5.41, 5.74) is -0.206. The van der Waals surface area contributed by atoms with Crippen LogP contribution in [0.4, 0.5) is 23.4 Å². The Morgan fingerprint density at radius 2 is 1.96 bits per heavy atom. The first-order valence-corrected chi connectivity index (χ1v) is 6.75. The summed E-state index contributed by atoms with van der Waals surface area (Å²) in [7, 11) is 1.43. The minimum absolute atomic E-state index is 0.0984. The van der Waals surface area contributed by atoms with E-state index in [-0.39, 0.29) is 11.2 Å². The molecule has 2 heterocycles. The van der Waals surface area contributed by atoms with Crippen LogP contribution in [0.25, 0.3) is 17.2 Å². The van der Waals surface area contributed by atoms with Gasteiger partial charge in [-0.1, -0.05) is 10.6 Å². The smallest absolute Gasteiger partial charge is 0.298 e. The van der Waals surface area contributed by atoms with E-state index < -0.39 is 41.0 Å². The van der Waals surface area contributed by atoms with Gasteiger partial charge in [0.05, 0.1) is 5.69 Å². The Labute approximate surface area is 140 Å². The van der Waals surface area contributed by atoms with Crippen LogP contribution in [-0.2, 0) is 4.79 Å². The highest BCUT2D eigenvalue weighted by atomic mass is 19.4. The Balaban J connectivity index is 2.08. The lowest BCUT2D eigenvalue weighted by atomic mass is 9.95. The predicted molar refractivity (Wildman–Crippen MR) is 78.2 cm³/mol. The summed E-state index contributed by atoms with van der Waals surface area (Å²) < 4.78 is 60.2. The third-order valence-corrected chi connectivity index (χ3v) is 3.19. The van der Waals surface area contributed by atoms with Gasteiger partial charge in [0.15, 0.2) is 5.69 Å². The molecule has 14 heteroatoms. The number of hydrogen-bond donors (Lipinski definition) is 1. The quantitative estimate of drug-likeness (QED) is 0.500. The standard InChI is InChI=1S/C12H6BF4N5O4/c13-5-3-4(1-2-6(5)14)22-9(21-25-11(22)24)7-8(20-26-19-7)18-10(23)12(15,16)17/h1-3H,13H2,(H,18,20,23). The van der Waals surface area contributed by atoms with Crippen LogP contribution in [0.15, 0.2) is 32.1 Å². The summed E-state index contributed by atoms with van der Waals surface area (Å²) in [4.78, 5) is 23.0. The number of nitrogens with one attached hydrogen (secondary N) is 1. The van der Waals surface area contributed by atoms with Crippen molar-refractivity contribution in [3.8, 4) is 17.2 Å². The second-order valence-corrected chi connectivity index (χ2v) is 4.95. The van der Waals surface area contributed by atoms with Crippen molar-refractivity contribution in [2.24, 2.45) is 0 Å². The molecule has 3 aromatic rings. The molecule has 0 unspecified atom stereocenters. The minimum atomic E-state index is -5.19. The number of rotatable bonds is 3. The Kier molecular flexibility index (Phi) is 4.10. The number of amides is 1. The van der Waals surface area contributed by atoms with Crippen molar-refractivity contribution in [1.82, 2.24) is 20.0 Å². The van der Waals surface area contributed by atoms with Gasteiger partial charge in [-0.3, -0.25) is 14.6 Å². The van der Waals surface area contributed by atoms with Gasteiger partial charge in [-0.15, -0.1) is 0 Å². The van der Waals surface area contributed by atoms with Gasteiger partial charge in [-0.25, -0.2) is 18.4 Å². The van der Waals surface area contributed by atoms with E-state index in [2.05, 4.69) is 24.6 Å². The van der Waals surface area contributed by atoms with E-state index in [1.807, 2.05) is 0 Å². The van der Waals surface area contributed by atoms with E-state index in [4.69, 9.17) is 0 Å². The van der Waals surface area contributed by atoms with E-state index in [1.54, 1.807) is 0 Å². The predicted octanol–water partition coefficient (Wildman–Crippen LogP) is -0.226. The molecule has 0 aliphatic rings. The molecule has 0 aliphatic carbocycles. The van der Waals surface area contributed by atoms with Gasteiger partial charge in [-0.2, -0.15) is 13.2 Å². The van der Waals surface area contributed by atoms with Gasteiger partial charge in [0.1, 0.15) is 13.7 Å². The molecule has 0 radical (unpaired) electrons. The van der Waals surface area contributed by atoms with E-state index in [0.29, 0.717) is 0 Å². The van der Waals surface area contributed by atoms with Crippen molar-refractivity contribution in [3.63, 3.8) is 0 Å². The number of anilines is 1. The van der Waals surface area contributed by atoms with Crippen LogP contribution in [0.1, 0.15) is 0 Å². The molecule has 0 saturated carbocycles. The Morgan fingerprint density at radius 3 is 2.62 bits per heavy atom. The monoisotopic (exact) mass is 371 g/mol. The summed E-state index contributed by atoms with van der Waals surface area (Å²) in [6.07, 6.45) is -5.19. The van der Waals surface area contributed by atoms with Crippen LogP contribution in [0.3, 0.4) is 0 Å². The Morgan fingerprint density at radius 1 is 1.23 bits per heavy atom. The SMILES string of the molecule is Bc1cc(-n2c(-c3nonc3NC(=O)C(F)(F)F)noc2=O)ccc1F. The summed E-state index contributed by atoms with van der Waals surface area (Å²) in [6.45, 7) is 0. The molecule has 1 aromatic carbocycles. The molecule has 0 spiro atoms. The second kappa shape index (κ2) is 6.13. The lowest BCUT2D eigenvalue weighted by Gasteiger charge is -2.07. The fourth-order valence-corrected chi connectivity index (χ4v) is 1.99. The number of aromatic nitrogens is 4. The molecule has 1 amide bonds. The van der Waals surface area contributed by atoms with E-state index in [0.717, 1.165) is 10.6 Å². The zero-order chi connectivity index (χ0) is 19.1. The second-order valence-electron chi connectivity index (χ2n) is 4.95. The largest absolute Gasteiger partial charge is 0.471 e. The minimum Gasteiger partial charge on any atom is -0.298 e. The molecular formula is C12H6BF4N5O4. The normalized spacial score (nSPS) is 11.5. The number of nitrogens with zero attached hydrogens (tertiary/aromatic N) is 4. The van der Waals surface area contributed by atoms with Crippen molar-refractivity contribution in [2.75, 3.05) is 5.32 Å². The average Bonchev–Trinajstić information content (AvgIpc) is 3.15. The van der Waals surface area contributed by atoms with E-state index in [1.165, 1.54) is 25.3 Å². The number of halogens is 4. The first kappa shape index (κ1) is 17.4. The van der Waals surface area contributed by atoms with Crippen molar-refractivity contribution >= 4 is 25.0 Å². The van der Waals surface area contributed by atoms with Gasteiger partial charge < -0.3 is 0 Å².